The minimum absolute atomic E-state index is 0.0932. The summed E-state index contributed by atoms with van der Waals surface area (Å²) in [5.74, 6) is 0.412. The van der Waals surface area contributed by atoms with E-state index in [0.29, 0.717) is 5.75 Å². The quantitative estimate of drug-likeness (QED) is 0.850. The van der Waals surface area contributed by atoms with E-state index in [-0.39, 0.29) is 5.41 Å². The smallest absolute Gasteiger partial charge is 0.160 e. The summed E-state index contributed by atoms with van der Waals surface area (Å²) in [7, 11) is 0. The third kappa shape index (κ3) is 3.24. The molecular weight excluding hydrogens is 212 g/mol. The van der Waals surface area contributed by atoms with E-state index in [0.717, 1.165) is 43.6 Å². The Bertz CT molecular complexity index is 361. The lowest BCUT2D eigenvalue weighted by atomic mass is 9.91. The molecule has 0 fully saturated rings. The molecule has 0 spiro atoms. The van der Waals surface area contributed by atoms with Crippen molar-refractivity contribution in [3.8, 4) is 5.75 Å². The second-order valence-corrected chi connectivity index (χ2v) is 5.72. The zero-order chi connectivity index (χ0) is 13.1. The van der Waals surface area contributed by atoms with Gasteiger partial charge in [-0.25, -0.2) is 0 Å². The Labute approximate surface area is 105 Å². The largest absolute Gasteiger partial charge is 0.504 e. The Hall–Kier alpha value is -0.990. The molecule has 3 nitrogen and oxygen atoms in total. The normalized spacial score (nSPS) is 12.1. The van der Waals surface area contributed by atoms with Crippen LogP contribution in [-0.4, -0.2) is 14.9 Å². The van der Waals surface area contributed by atoms with Gasteiger partial charge in [0.05, 0.1) is 5.69 Å². The van der Waals surface area contributed by atoms with E-state index >= 15 is 0 Å². The highest BCUT2D eigenvalue weighted by molar-refractivity contribution is 5.36. The maximum absolute atomic E-state index is 10.3. The van der Waals surface area contributed by atoms with Crippen molar-refractivity contribution in [3.63, 3.8) is 0 Å². The maximum Gasteiger partial charge on any atom is 0.160 e. The number of aromatic hydroxyl groups is 1. The van der Waals surface area contributed by atoms with E-state index in [9.17, 15) is 5.11 Å². The molecule has 0 aliphatic rings. The van der Waals surface area contributed by atoms with Gasteiger partial charge in [-0.1, -0.05) is 47.5 Å². The molecule has 17 heavy (non-hydrogen) atoms. The molecule has 1 N–H and O–H groups in total. The number of rotatable bonds is 5. The number of unbranched alkanes of at least 4 members (excludes halogenated alkanes) is 1. The van der Waals surface area contributed by atoms with Crippen molar-refractivity contribution in [2.45, 2.75) is 72.3 Å². The van der Waals surface area contributed by atoms with Gasteiger partial charge in [-0.2, -0.15) is 5.10 Å². The fourth-order valence-electron chi connectivity index (χ4n) is 1.97. The Balaban J connectivity index is 3.10. The summed E-state index contributed by atoms with van der Waals surface area (Å²) in [6.45, 7) is 11.5. The molecule has 1 heterocycles. The predicted octanol–water partition coefficient (Wildman–Crippen LogP) is 3.64. The topological polar surface area (TPSA) is 38.0 Å². The summed E-state index contributed by atoms with van der Waals surface area (Å²) >= 11 is 0. The first-order valence-corrected chi connectivity index (χ1v) is 6.70. The first kappa shape index (κ1) is 14.1. The summed E-state index contributed by atoms with van der Waals surface area (Å²) in [5.41, 5.74) is 1.74. The zero-order valence-corrected chi connectivity index (χ0v) is 11.9. The molecule has 0 bridgehead atoms. The summed E-state index contributed by atoms with van der Waals surface area (Å²) < 4.78 is 2.00. The molecule has 0 aliphatic carbocycles. The van der Waals surface area contributed by atoms with Gasteiger partial charge in [0, 0.05) is 12.0 Å². The van der Waals surface area contributed by atoms with Gasteiger partial charge in [0.2, 0.25) is 0 Å². The van der Waals surface area contributed by atoms with Crippen molar-refractivity contribution in [1.29, 1.82) is 0 Å². The minimum Gasteiger partial charge on any atom is -0.504 e. The van der Waals surface area contributed by atoms with Crippen molar-refractivity contribution in [2.24, 2.45) is 0 Å². The van der Waals surface area contributed by atoms with Gasteiger partial charge >= 0.3 is 0 Å². The highest BCUT2D eigenvalue weighted by atomic mass is 16.3. The zero-order valence-electron chi connectivity index (χ0n) is 11.9. The van der Waals surface area contributed by atoms with Crippen molar-refractivity contribution >= 4 is 0 Å². The summed E-state index contributed by atoms with van der Waals surface area (Å²) in [6, 6.07) is 0. The summed E-state index contributed by atoms with van der Waals surface area (Å²) in [4.78, 5) is 0. The van der Waals surface area contributed by atoms with E-state index in [1.165, 1.54) is 0 Å². The van der Waals surface area contributed by atoms with Gasteiger partial charge in [-0.3, -0.25) is 4.68 Å². The van der Waals surface area contributed by atoms with Crippen LogP contribution in [0.1, 0.15) is 65.3 Å². The lowest BCUT2D eigenvalue weighted by Gasteiger charge is -2.15. The molecule has 0 radical (unpaired) electrons. The molecule has 0 amide bonds. The van der Waals surface area contributed by atoms with Crippen molar-refractivity contribution < 1.29 is 5.11 Å². The molecule has 0 saturated carbocycles. The number of aromatic nitrogens is 2. The van der Waals surface area contributed by atoms with E-state index < -0.39 is 0 Å². The fourth-order valence-corrected chi connectivity index (χ4v) is 1.97. The Morgan fingerprint density at radius 1 is 1.18 bits per heavy atom. The Morgan fingerprint density at radius 2 is 1.82 bits per heavy atom. The van der Waals surface area contributed by atoms with E-state index in [1.54, 1.807) is 0 Å². The Morgan fingerprint density at radius 3 is 2.29 bits per heavy atom. The number of nitrogens with zero attached hydrogens (tertiary/aromatic N) is 2. The van der Waals surface area contributed by atoms with Gasteiger partial charge in [0.1, 0.15) is 5.69 Å². The summed E-state index contributed by atoms with van der Waals surface area (Å²) in [5, 5.41) is 14.9. The molecule has 0 saturated heterocycles. The first-order valence-electron chi connectivity index (χ1n) is 6.70. The van der Waals surface area contributed by atoms with Gasteiger partial charge in [0.15, 0.2) is 5.75 Å². The van der Waals surface area contributed by atoms with Crippen LogP contribution in [0.5, 0.6) is 5.75 Å². The highest BCUT2D eigenvalue weighted by Crippen LogP contribution is 2.33. The van der Waals surface area contributed by atoms with Gasteiger partial charge < -0.3 is 5.11 Å². The Kier molecular flexibility index (Phi) is 4.61. The average molecular weight is 238 g/mol. The van der Waals surface area contributed by atoms with Crippen LogP contribution in [0, 0.1) is 0 Å². The van der Waals surface area contributed by atoms with Crippen LogP contribution in [0.2, 0.25) is 0 Å². The molecule has 98 valence electrons. The molecule has 0 aromatic carbocycles. The minimum atomic E-state index is -0.0932. The SMILES string of the molecule is CCCCn1nc(C(C)(C)C)c(O)c1CCC. The van der Waals surface area contributed by atoms with Gasteiger partial charge in [-0.05, 0) is 12.8 Å². The van der Waals surface area contributed by atoms with E-state index in [2.05, 4.69) is 39.7 Å². The summed E-state index contributed by atoms with van der Waals surface area (Å²) in [6.07, 6.45) is 4.20. The van der Waals surface area contributed by atoms with Crippen molar-refractivity contribution in [1.82, 2.24) is 9.78 Å². The van der Waals surface area contributed by atoms with Gasteiger partial charge in [0.25, 0.3) is 0 Å². The van der Waals surface area contributed by atoms with Crippen LogP contribution in [0.3, 0.4) is 0 Å². The lowest BCUT2D eigenvalue weighted by Crippen LogP contribution is -2.13. The highest BCUT2D eigenvalue weighted by Gasteiger charge is 2.25. The molecule has 0 atom stereocenters. The molecule has 0 unspecified atom stereocenters. The molecule has 0 aliphatic heterocycles. The molecule has 1 rings (SSSR count). The maximum atomic E-state index is 10.3. The molecule has 3 heteroatoms. The third-order valence-corrected chi connectivity index (χ3v) is 2.95. The average Bonchev–Trinajstić information content (AvgIpc) is 2.54. The van der Waals surface area contributed by atoms with E-state index in [4.69, 9.17) is 0 Å². The second-order valence-electron chi connectivity index (χ2n) is 5.72. The second kappa shape index (κ2) is 5.56. The number of hydrogen-bond acceptors (Lipinski definition) is 2. The third-order valence-electron chi connectivity index (χ3n) is 2.95. The van der Waals surface area contributed by atoms with Crippen LogP contribution in [0.25, 0.3) is 0 Å². The lowest BCUT2D eigenvalue weighted by molar-refractivity contribution is 0.438. The fraction of sp³-hybridized carbons (Fsp3) is 0.786. The monoisotopic (exact) mass is 238 g/mol. The van der Waals surface area contributed by atoms with Crippen molar-refractivity contribution in [3.05, 3.63) is 11.4 Å². The molecular formula is C14H26N2O. The predicted molar refractivity (Wildman–Crippen MR) is 71.5 cm³/mol. The van der Waals surface area contributed by atoms with Gasteiger partial charge in [-0.15, -0.1) is 0 Å². The van der Waals surface area contributed by atoms with Crippen molar-refractivity contribution in [2.75, 3.05) is 0 Å². The van der Waals surface area contributed by atoms with Crippen LogP contribution >= 0.6 is 0 Å². The molecule has 1 aromatic rings. The van der Waals surface area contributed by atoms with E-state index in [1.807, 2.05) is 4.68 Å². The van der Waals surface area contributed by atoms with Crippen LogP contribution < -0.4 is 0 Å². The molecule has 1 aromatic heterocycles. The number of hydrogen-bond donors (Lipinski definition) is 1. The van der Waals surface area contributed by atoms with Crippen LogP contribution in [0.15, 0.2) is 0 Å². The van der Waals surface area contributed by atoms with Crippen LogP contribution in [0.4, 0.5) is 0 Å². The first-order chi connectivity index (χ1) is 7.91. The number of aryl methyl sites for hydroxylation is 1. The van der Waals surface area contributed by atoms with Crippen LogP contribution in [-0.2, 0) is 18.4 Å². The standard InChI is InChI=1S/C14H26N2O/c1-6-8-10-16-11(9-7-2)12(17)13(15-16)14(3,4)5/h17H,6-10H2,1-5H3.